The highest BCUT2D eigenvalue weighted by Gasteiger charge is 2.16. The van der Waals surface area contributed by atoms with E-state index >= 15 is 0 Å². The molecule has 2 nitrogen and oxygen atoms in total. The van der Waals surface area contributed by atoms with Crippen LogP contribution in [-0.4, -0.2) is 11.2 Å². The maximum atomic E-state index is 6.25. The number of hydrogen-bond acceptors (Lipinski definition) is 1. The van der Waals surface area contributed by atoms with E-state index in [9.17, 15) is 0 Å². The van der Waals surface area contributed by atoms with Gasteiger partial charge in [-0.2, -0.15) is 0 Å². The maximum absolute atomic E-state index is 6.25. The lowest BCUT2D eigenvalue weighted by atomic mass is 10.1. The van der Waals surface area contributed by atoms with Crippen LogP contribution in [0.1, 0.15) is 36.8 Å². The molecular weight excluding hydrogens is 264 g/mol. The molecule has 1 aliphatic carbocycles. The van der Waals surface area contributed by atoms with E-state index in [4.69, 9.17) is 23.8 Å². The van der Waals surface area contributed by atoms with Crippen LogP contribution in [0.15, 0.2) is 12.1 Å². The minimum Gasteiger partial charge on any atom is -0.360 e. The number of aryl methyl sites for hydroxylation is 2. The molecule has 1 aromatic rings. The second-order valence-electron chi connectivity index (χ2n) is 5.02. The highest BCUT2D eigenvalue weighted by molar-refractivity contribution is 7.80. The van der Waals surface area contributed by atoms with Crippen molar-refractivity contribution in [1.29, 1.82) is 0 Å². The van der Waals surface area contributed by atoms with Crippen LogP contribution in [-0.2, 0) is 0 Å². The van der Waals surface area contributed by atoms with E-state index in [2.05, 4.69) is 16.7 Å². The molecule has 1 aromatic carbocycles. The van der Waals surface area contributed by atoms with Crippen molar-refractivity contribution in [3.05, 3.63) is 28.3 Å². The lowest BCUT2D eigenvalue weighted by Gasteiger charge is -2.18. The Labute approximate surface area is 119 Å². The van der Waals surface area contributed by atoms with Crippen molar-refractivity contribution in [2.75, 3.05) is 5.32 Å². The molecule has 2 N–H and O–H groups in total. The van der Waals surface area contributed by atoms with Crippen molar-refractivity contribution in [3.63, 3.8) is 0 Å². The highest BCUT2D eigenvalue weighted by Crippen LogP contribution is 2.27. The molecule has 0 aromatic heterocycles. The van der Waals surface area contributed by atoms with E-state index in [0.29, 0.717) is 11.2 Å². The summed E-state index contributed by atoms with van der Waals surface area (Å²) in [6.07, 6.45) is 5.01. The lowest BCUT2D eigenvalue weighted by molar-refractivity contribution is 0.634. The summed E-state index contributed by atoms with van der Waals surface area (Å²) in [5.41, 5.74) is 3.20. The molecule has 0 aliphatic heterocycles. The topological polar surface area (TPSA) is 24.1 Å². The first-order valence-electron chi connectivity index (χ1n) is 6.40. The molecule has 98 valence electrons. The Morgan fingerprint density at radius 3 is 2.56 bits per heavy atom. The lowest BCUT2D eigenvalue weighted by Crippen LogP contribution is -2.36. The third-order valence-corrected chi connectivity index (χ3v) is 3.88. The Bertz CT molecular complexity index is 430. The van der Waals surface area contributed by atoms with Gasteiger partial charge in [-0.1, -0.05) is 30.5 Å². The second-order valence-corrected chi connectivity index (χ2v) is 5.83. The number of thiocarbonyl (C=S) groups is 1. The number of anilines is 1. The molecule has 0 amide bonds. The Morgan fingerprint density at radius 1 is 1.28 bits per heavy atom. The van der Waals surface area contributed by atoms with Crippen molar-refractivity contribution in [2.45, 2.75) is 45.6 Å². The minimum atomic E-state index is 0.523. The zero-order chi connectivity index (χ0) is 13.1. The fraction of sp³-hybridized carbons (Fsp3) is 0.500. The smallest absolute Gasteiger partial charge is 0.171 e. The van der Waals surface area contributed by atoms with Crippen LogP contribution in [0.25, 0.3) is 0 Å². The van der Waals surface area contributed by atoms with Gasteiger partial charge in [0.25, 0.3) is 0 Å². The van der Waals surface area contributed by atoms with Gasteiger partial charge in [-0.05, 0) is 56.1 Å². The average molecular weight is 283 g/mol. The largest absolute Gasteiger partial charge is 0.360 e. The van der Waals surface area contributed by atoms with Gasteiger partial charge >= 0.3 is 0 Å². The summed E-state index contributed by atoms with van der Waals surface area (Å²) < 4.78 is 0. The van der Waals surface area contributed by atoms with Crippen molar-refractivity contribution in [3.8, 4) is 0 Å². The summed E-state index contributed by atoms with van der Waals surface area (Å²) in [6, 6.07) is 4.58. The van der Waals surface area contributed by atoms with Gasteiger partial charge in [-0.25, -0.2) is 0 Å². The quantitative estimate of drug-likeness (QED) is 0.796. The van der Waals surface area contributed by atoms with E-state index in [-0.39, 0.29) is 0 Å². The van der Waals surface area contributed by atoms with Gasteiger partial charge in [-0.3, -0.25) is 0 Å². The number of benzene rings is 1. The van der Waals surface area contributed by atoms with Crippen LogP contribution in [0, 0.1) is 13.8 Å². The van der Waals surface area contributed by atoms with Crippen LogP contribution in [0.4, 0.5) is 5.69 Å². The average Bonchev–Trinajstić information content (AvgIpc) is 2.76. The molecule has 4 heteroatoms. The number of hydrogen-bond donors (Lipinski definition) is 2. The van der Waals surface area contributed by atoms with Gasteiger partial charge in [0.2, 0.25) is 0 Å². The van der Waals surface area contributed by atoms with Crippen LogP contribution in [0.2, 0.25) is 5.02 Å². The zero-order valence-electron chi connectivity index (χ0n) is 10.8. The van der Waals surface area contributed by atoms with Crippen LogP contribution in [0.3, 0.4) is 0 Å². The fourth-order valence-electron chi connectivity index (χ4n) is 2.48. The summed E-state index contributed by atoms with van der Waals surface area (Å²) in [5, 5.41) is 7.98. The van der Waals surface area contributed by atoms with Crippen molar-refractivity contribution < 1.29 is 0 Å². The van der Waals surface area contributed by atoms with E-state index in [0.717, 1.165) is 21.8 Å². The molecule has 18 heavy (non-hydrogen) atoms. The summed E-state index contributed by atoms with van der Waals surface area (Å²) in [7, 11) is 0. The number of rotatable bonds is 2. The molecule has 0 atom stereocenters. The fourth-order valence-corrected chi connectivity index (χ4v) is 3.12. The first-order valence-corrected chi connectivity index (χ1v) is 7.19. The van der Waals surface area contributed by atoms with Gasteiger partial charge in [0.05, 0.1) is 10.7 Å². The van der Waals surface area contributed by atoms with Gasteiger partial charge in [-0.15, -0.1) is 0 Å². The number of halogens is 1. The van der Waals surface area contributed by atoms with Gasteiger partial charge in [0.1, 0.15) is 0 Å². The molecule has 0 radical (unpaired) electrons. The van der Waals surface area contributed by atoms with Crippen LogP contribution in [0.5, 0.6) is 0 Å². The summed E-state index contributed by atoms with van der Waals surface area (Å²) >= 11 is 11.6. The predicted octanol–water partition coefficient (Wildman–Crippen LogP) is 4.19. The molecule has 1 aliphatic rings. The zero-order valence-corrected chi connectivity index (χ0v) is 12.4. The monoisotopic (exact) mass is 282 g/mol. The molecular formula is C14H19ClN2S. The number of nitrogens with one attached hydrogen (secondary N) is 2. The van der Waals surface area contributed by atoms with E-state index in [1.165, 1.54) is 25.7 Å². The Morgan fingerprint density at radius 2 is 1.94 bits per heavy atom. The van der Waals surface area contributed by atoms with Crippen molar-refractivity contribution in [2.24, 2.45) is 0 Å². The molecule has 0 heterocycles. The van der Waals surface area contributed by atoms with Crippen molar-refractivity contribution >= 4 is 34.6 Å². The molecule has 0 saturated heterocycles. The summed E-state index contributed by atoms with van der Waals surface area (Å²) in [6.45, 7) is 4.08. The van der Waals surface area contributed by atoms with Crippen molar-refractivity contribution in [1.82, 2.24) is 5.32 Å². The molecule has 0 spiro atoms. The highest BCUT2D eigenvalue weighted by atomic mass is 35.5. The standard InChI is InChI=1S/C14H19ClN2S/c1-9-7-10(2)13(12(15)8-9)17-14(18)16-11-5-3-4-6-11/h7-8,11H,3-6H2,1-2H3,(H2,16,17,18). The summed E-state index contributed by atoms with van der Waals surface area (Å²) in [4.78, 5) is 0. The second kappa shape index (κ2) is 5.89. The van der Waals surface area contributed by atoms with E-state index in [1.54, 1.807) is 0 Å². The van der Waals surface area contributed by atoms with Gasteiger partial charge < -0.3 is 10.6 Å². The minimum absolute atomic E-state index is 0.523. The van der Waals surface area contributed by atoms with Gasteiger partial charge in [0, 0.05) is 6.04 Å². The Hall–Kier alpha value is -0.800. The maximum Gasteiger partial charge on any atom is 0.171 e. The first-order chi connectivity index (χ1) is 8.56. The van der Waals surface area contributed by atoms with E-state index < -0.39 is 0 Å². The Kier molecular flexibility index (Phi) is 4.46. The summed E-state index contributed by atoms with van der Waals surface area (Å²) in [5.74, 6) is 0. The van der Waals surface area contributed by atoms with Crippen LogP contribution < -0.4 is 10.6 Å². The Balaban J connectivity index is 2.02. The SMILES string of the molecule is Cc1cc(C)c(NC(=S)NC2CCCC2)c(Cl)c1. The third-order valence-electron chi connectivity index (χ3n) is 3.36. The van der Waals surface area contributed by atoms with Crippen LogP contribution >= 0.6 is 23.8 Å². The first kappa shape index (κ1) is 13.6. The molecule has 0 bridgehead atoms. The molecule has 0 unspecified atom stereocenters. The molecule has 2 rings (SSSR count). The van der Waals surface area contributed by atoms with E-state index in [1.807, 2.05) is 19.9 Å². The molecule has 1 saturated carbocycles. The predicted molar refractivity (Wildman–Crippen MR) is 82.5 cm³/mol. The third kappa shape index (κ3) is 3.36. The van der Waals surface area contributed by atoms with Gasteiger partial charge in [0.15, 0.2) is 5.11 Å². The normalized spacial score (nSPS) is 15.7. The molecule has 1 fully saturated rings.